The number of rotatable bonds is 2. The Morgan fingerprint density at radius 1 is 1.07 bits per heavy atom. The molecule has 2 bridgehead atoms. The van der Waals surface area contributed by atoms with Crippen LogP contribution in [0, 0.1) is 11.3 Å². The molecule has 0 atom stereocenters. The summed E-state index contributed by atoms with van der Waals surface area (Å²) in [5.74, 6) is 0.582. The molecule has 3 fully saturated rings. The van der Waals surface area contributed by atoms with E-state index in [-0.39, 0.29) is 11.3 Å². The second-order valence-electron chi connectivity index (χ2n) is 5.52. The Labute approximate surface area is 85.7 Å². The monoisotopic (exact) mass is 196 g/mol. The van der Waals surface area contributed by atoms with E-state index in [1.807, 2.05) is 13.8 Å². The van der Waals surface area contributed by atoms with Crippen molar-refractivity contribution in [3.63, 3.8) is 0 Å². The van der Waals surface area contributed by atoms with Crippen LogP contribution in [-0.2, 0) is 4.79 Å². The highest BCUT2D eigenvalue weighted by atomic mass is 16.3. The van der Waals surface area contributed by atoms with Gasteiger partial charge in [-0.05, 0) is 38.5 Å². The third kappa shape index (κ3) is 1.40. The number of aliphatic hydroxyl groups is 1. The van der Waals surface area contributed by atoms with E-state index >= 15 is 0 Å². The number of hydrogen-bond acceptors (Lipinski definition) is 2. The van der Waals surface area contributed by atoms with Crippen LogP contribution < -0.4 is 0 Å². The largest absolute Gasteiger partial charge is 0.390 e. The van der Waals surface area contributed by atoms with Gasteiger partial charge in [0.1, 0.15) is 5.78 Å². The van der Waals surface area contributed by atoms with Crippen LogP contribution in [0.3, 0.4) is 0 Å². The molecule has 0 aliphatic heterocycles. The average molecular weight is 196 g/mol. The maximum Gasteiger partial charge on any atom is 0.141 e. The quantitative estimate of drug-likeness (QED) is 0.735. The van der Waals surface area contributed by atoms with Crippen molar-refractivity contribution in [2.24, 2.45) is 11.3 Å². The molecule has 3 saturated carbocycles. The van der Waals surface area contributed by atoms with E-state index < -0.39 is 5.60 Å². The van der Waals surface area contributed by atoms with Crippen LogP contribution in [-0.4, -0.2) is 16.5 Å². The molecule has 14 heavy (non-hydrogen) atoms. The number of carbonyl (C=O) groups excluding carboxylic acids is 1. The molecule has 0 heterocycles. The predicted octanol–water partition coefficient (Wildman–Crippen LogP) is 2.30. The van der Waals surface area contributed by atoms with Crippen LogP contribution in [0.4, 0.5) is 0 Å². The number of ketones is 1. The second-order valence-corrected chi connectivity index (χ2v) is 5.52. The molecule has 2 heteroatoms. The van der Waals surface area contributed by atoms with Crippen molar-refractivity contribution < 1.29 is 9.90 Å². The summed E-state index contributed by atoms with van der Waals surface area (Å²) in [6.07, 6.45) is 5.27. The lowest BCUT2D eigenvalue weighted by molar-refractivity contribution is -0.148. The van der Waals surface area contributed by atoms with Crippen LogP contribution in [0.15, 0.2) is 0 Å². The molecule has 3 aliphatic rings. The van der Waals surface area contributed by atoms with Gasteiger partial charge in [-0.25, -0.2) is 0 Å². The van der Waals surface area contributed by atoms with Crippen molar-refractivity contribution in [2.75, 3.05) is 0 Å². The fourth-order valence-electron chi connectivity index (χ4n) is 3.15. The molecule has 1 N–H and O–H groups in total. The Kier molecular flexibility index (Phi) is 2.22. The van der Waals surface area contributed by atoms with Crippen molar-refractivity contribution in [1.29, 1.82) is 0 Å². The van der Waals surface area contributed by atoms with Gasteiger partial charge in [-0.3, -0.25) is 4.79 Å². The molecule has 80 valence electrons. The zero-order valence-corrected chi connectivity index (χ0v) is 9.18. The Hall–Kier alpha value is -0.370. The molecule has 3 rings (SSSR count). The summed E-state index contributed by atoms with van der Waals surface area (Å²) >= 11 is 0. The van der Waals surface area contributed by atoms with Gasteiger partial charge in [0.2, 0.25) is 0 Å². The molecule has 0 unspecified atom stereocenters. The van der Waals surface area contributed by atoms with Crippen molar-refractivity contribution in [3.8, 4) is 0 Å². The first-order valence-corrected chi connectivity index (χ1v) is 5.74. The standard InChI is InChI=1S/C12H20O2/c1-9(2)10(13)11-3-6-12(14,7-4-11)8-5-11/h9,14H,3-8H2,1-2H3. The van der Waals surface area contributed by atoms with Crippen molar-refractivity contribution in [2.45, 2.75) is 58.0 Å². The summed E-state index contributed by atoms with van der Waals surface area (Å²) in [5.41, 5.74) is -0.475. The van der Waals surface area contributed by atoms with Gasteiger partial charge in [-0.2, -0.15) is 0 Å². The van der Waals surface area contributed by atoms with Crippen molar-refractivity contribution in [3.05, 3.63) is 0 Å². The number of fused-ring (bicyclic) bond motifs is 3. The third-order valence-corrected chi connectivity index (χ3v) is 4.25. The summed E-state index contributed by atoms with van der Waals surface area (Å²) < 4.78 is 0. The van der Waals surface area contributed by atoms with Crippen LogP contribution in [0.2, 0.25) is 0 Å². The van der Waals surface area contributed by atoms with Crippen LogP contribution >= 0.6 is 0 Å². The maximum atomic E-state index is 12.1. The van der Waals surface area contributed by atoms with Gasteiger partial charge in [0.05, 0.1) is 5.60 Å². The Morgan fingerprint density at radius 3 is 1.86 bits per heavy atom. The summed E-state index contributed by atoms with van der Waals surface area (Å²) in [4.78, 5) is 12.1. The Bertz CT molecular complexity index is 231. The van der Waals surface area contributed by atoms with E-state index in [0.29, 0.717) is 5.78 Å². The summed E-state index contributed by atoms with van der Waals surface area (Å²) in [6.45, 7) is 3.99. The minimum atomic E-state index is -0.418. The topological polar surface area (TPSA) is 37.3 Å². The number of Topliss-reactive ketones (excluding diaryl/α,β-unsaturated/α-hetero) is 1. The normalized spacial score (nSPS) is 41.7. The second kappa shape index (κ2) is 3.06. The average Bonchev–Trinajstić information content (AvgIpc) is 2.18. The van der Waals surface area contributed by atoms with Crippen LogP contribution in [0.25, 0.3) is 0 Å². The summed E-state index contributed by atoms with van der Waals surface area (Å²) in [7, 11) is 0. The molecule has 0 amide bonds. The van der Waals surface area contributed by atoms with E-state index in [9.17, 15) is 9.90 Å². The van der Waals surface area contributed by atoms with Crippen LogP contribution in [0.1, 0.15) is 52.4 Å². The van der Waals surface area contributed by atoms with Gasteiger partial charge in [-0.15, -0.1) is 0 Å². The molecule has 0 radical (unpaired) electrons. The fraction of sp³-hybridized carbons (Fsp3) is 0.917. The van der Waals surface area contributed by atoms with Gasteiger partial charge >= 0.3 is 0 Å². The minimum absolute atomic E-state index is 0.0569. The Balaban J connectivity index is 2.16. The minimum Gasteiger partial charge on any atom is -0.390 e. The van der Waals surface area contributed by atoms with Gasteiger partial charge < -0.3 is 5.11 Å². The van der Waals surface area contributed by atoms with Crippen LogP contribution in [0.5, 0.6) is 0 Å². The first-order valence-electron chi connectivity index (χ1n) is 5.74. The van der Waals surface area contributed by atoms with E-state index in [1.54, 1.807) is 0 Å². The fourth-order valence-corrected chi connectivity index (χ4v) is 3.15. The number of carbonyl (C=O) groups is 1. The molecule has 2 nitrogen and oxygen atoms in total. The molecular weight excluding hydrogens is 176 g/mol. The SMILES string of the molecule is CC(C)C(=O)C12CCC(O)(CC1)CC2. The molecule has 3 aliphatic carbocycles. The molecule has 0 aromatic rings. The number of hydrogen-bond donors (Lipinski definition) is 1. The van der Waals surface area contributed by atoms with E-state index in [2.05, 4.69) is 0 Å². The Morgan fingerprint density at radius 2 is 1.50 bits per heavy atom. The highest BCUT2D eigenvalue weighted by Crippen LogP contribution is 2.53. The summed E-state index contributed by atoms with van der Waals surface area (Å²) in [5, 5.41) is 10.0. The van der Waals surface area contributed by atoms with E-state index in [4.69, 9.17) is 0 Å². The molecule has 0 spiro atoms. The van der Waals surface area contributed by atoms with Gasteiger partial charge in [0, 0.05) is 11.3 Å². The lowest BCUT2D eigenvalue weighted by Crippen LogP contribution is -2.50. The zero-order chi connectivity index (χ0) is 10.4. The highest BCUT2D eigenvalue weighted by Gasteiger charge is 2.51. The van der Waals surface area contributed by atoms with Crippen molar-refractivity contribution >= 4 is 5.78 Å². The maximum absolute atomic E-state index is 12.1. The predicted molar refractivity (Wildman–Crippen MR) is 54.9 cm³/mol. The zero-order valence-electron chi connectivity index (χ0n) is 9.18. The van der Waals surface area contributed by atoms with Crippen molar-refractivity contribution in [1.82, 2.24) is 0 Å². The molecule has 0 saturated heterocycles. The van der Waals surface area contributed by atoms with Gasteiger partial charge in [0.25, 0.3) is 0 Å². The van der Waals surface area contributed by atoms with Gasteiger partial charge in [0.15, 0.2) is 0 Å². The third-order valence-electron chi connectivity index (χ3n) is 4.25. The highest BCUT2D eigenvalue weighted by molar-refractivity contribution is 5.86. The first-order chi connectivity index (χ1) is 6.48. The lowest BCUT2D eigenvalue weighted by atomic mass is 9.56. The van der Waals surface area contributed by atoms with E-state index in [0.717, 1.165) is 38.5 Å². The summed E-state index contributed by atoms with van der Waals surface area (Å²) in [6, 6.07) is 0. The first kappa shape index (κ1) is 10.2. The molecular formula is C12H20O2. The van der Waals surface area contributed by atoms with E-state index in [1.165, 1.54) is 0 Å². The molecule has 0 aromatic carbocycles. The smallest absolute Gasteiger partial charge is 0.141 e. The lowest BCUT2D eigenvalue weighted by Gasteiger charge is -2.50. The van der Waals surface area contributed by atoms with Gasteiger partial charge in [-0.1, -0.05) is 13.8 Å². The molecule has 0 aromatic heterocycles.